The number of hydrogen-bond acceptors (Lipinski definition) is 11. The van der Waals surface area contributed by atoms with E-state index in [1.165, 1.54) is 21.3 Å². The number of aromatic nitrogens is 1. The molecular weight excluding hydrogens is 622 g/mol. The molecule has 48 heavy (non-hydrogen) atoms. The molecule has 0 amide bonds. The third-order valence-corrected chi connectivity index (χ3v) is 9.25. The Bertz CT molecular complexity index is 1990. The summed E-state index contributed by atoms with van der Waals surface area (Å²) in [5.74, 6) is 0.498. The van der Waals surface area contributed by atoms with E-state index in [4.69, 9.17) is 37.6 Å². The van der Waals surface area contributed by atoms with E-state index in [-0.39, 0.29) is 39.9 Å². The van der Waals surface area contributed by atoms with E-state index in [9.17, 15) is 14.7 Å². The van der Waals surface area contributed by atoms with E-state index in [0.29, 0.717) is 70.8 Å². The lowest BCUT2D eigenvalue weighted by Crippen LogP contribution is -2.32. The quantitative estimate of drug-likeness (QED) is 0.207. The molecule has 2 aromatic carbocycles. The van der Waals surface area contributed by atoms with E-state index in [1.54, 1.807) is 30.9 Å². The molecule has 1 aliphatic carbocycles. The Morgan fingerprint density at radius 1 is 0.938 bits per heavy atom. The van der Waals surface area contributed by atoms with Gasteiger partial charge in [0.15, 0.2) is 17.1 Å². The summed E-state index contributed by atoms with van der Waals surface area (Å²) >= 11 is 0. The highest BCUT2D eigenvalue weighted by Crippen LogP contribution is 2.50. The van der Waals surface area contributed by atoms with Crippen molar-refractivity contribution in [2.45, 2.75) is 77.0 Å². The van der Waals surface area contributed by atoms with Crippen molar-refractivity contribution >= 4 is 21.7 Å². The molecule has 3 heterocycles. The van der Waals surface area contributed by atoms with Crippen molar-refractivity contribution < 1.29 is 42.7 Å². The van der Waals surface area contributed by atoms with Crippen LogP contribution in [0.3, 0.4) is 0 Å². The van der Waals surface area contributed by atoms with Crippen molar-refractivity contribution in [3.63, 3.8) is 0 Å². The molecule has 0 bridgehead atoms. The van der Waals surface area contributed by atoms with Gasteiger partial charge in [-0.05, 0) is 56.9 Å². The monoisotopic (exact) mass is 665 g/mol. The minimum atomic E-state index is -0.904. The van der Waals surface area contributed by atoms with Crippen LogP contribution in [0.1, 0.15) is 74.0 Å². The van der Waals surface area contributed by atoms with E-state index in [0.717, 1.165) is 12.1 Å². The molecule has 0 spiro atoms. The standard InChI is InChI=1S/C36H43NO11/c1-9-10-20-15-21-26(35(40)37(20)4)22(38)13-18(30(21)43-7)11-12-19-14-23(42-6)27-29(39)28-32(46-34(27)31(19)44-8)24(45-17-41-5)16-25-33(28)48-36(2,3)47-25/h13-15,24-25,33,38H,9-12,16-17H2,1-8H3/t24-,25-,33-/m1/s1. The fourth-order valence-corrected chi connectivity index (χ4v) is 7.18. The molecular formula is C36H43NO11. The second-order valence-electron chi connectivity index (χ2n) is 12.7. The Hall–Kier alpha value is -4.10. The van der Waals surface area contributed by atoms with Crippen molar-refractivity contribution in [1.82, 2.24) is 4.57 Å². The first-order valence-electron chi connectivity index (χ1n) is 16.1. The fourth-order valence-electron chi connectivity index (χ4n) is 7.18. The van der Waals surface area contributed by atoms with Crippen molar-refractivity contribution in [3.05, 3.63) is 66.9 Å². The number of phenols is 1. The zero-order valence-corrected chi connectivity index (χ0v) is 28.7. The molecule has 2 aromatic heterocycles. The van der Waals surface area contributed by atoms with Crippen LogP contribution in [0.5, 0.6) is 23.0 Å². The maximum Gasteiger partial charge on any atom is 0.262 e. The van der Waals surface area contributed by atoms with Gasteiger partial charge in [-0.3, -0.25) is 9.59 Å². The molecule has 258 valence electrons. The number of methoxy groups -OCH3 is 4. The van der Waals surface area contributed by atoms with Gasteiger partial charge < -0.3 is 47.2 Å². The van der Waals surface area contributed by atoms with E-state index >= 15 is 0 Å². The molecule has 1 saturated heterocycles. The first-order chi connectivity index (χ1) is 23.0. The van der Waals surface area contributed by atoms with E-state index in [2.05, 4.69) is 0 Å². The fraction of sp³-hybridized carbons (Fsp3) is 0.500. The first-order valence-corrected chi connectivity index (χ1v) is 16.1. The average Bonchev–Trinajstić information content (AvgIpc) is 3.37. The van der Waals surface area contributed by atoms with Gasteiger partial charge in [0, 0.05) is 37.2 Å². The summed E-state index contributed by atoms with van der Waals surface area (Å²) < 4.78 is 49.2. The number of aryl methyl sites for hydroxylation is 3. The largest absolute Gasteiger partial charge is 0.507 e. The molecule has 1 N–H and O–H groups in total. The van der Waals surface area contributed by atoms with Gasteiger partial charge in [0.05, 0.1) is 38.4 Å². The topological polar surface area (TPSA) is 137 Å². The van der Waals surface area contributed by atoms with Crippen molar-refractivity contribution in [3.8, 4) is 23.0 Å². The highest BCUT2D eigenvalue weighted by Gasteiger charge is 2.50. The highest BCUT2D eigenvalue weighted by atomic mass is 16.8. The summed E-state index contributed by atoms with van der Waals surface area (Å²) in [5, 5.41) is 12.0. The lowest BCUT2D eigenvalue weighted by molar-refractivity contribution is -0.150. The molecule has 1 aliphatic heterocycles. The van der Waals surface area contributed by atoms with Crippen LogP contribution in [0.25, 0.3) is 21.7 Å². The molecule has 12 nitrogen and oxygen atoms in total. The maximum atomic E-state index is 14.4. The van der Waals surface area contributed by atoms with Gasteiger partial charge in [-0.15, -0.1) is 0 Å². The first kappa shape index (κ1) is 33.8. The van der Waals surface area contributed by atoms with E-state index in [1.807, 2.05) is 26.8 Å². The number of rotatable bonds is 11. The van der Waals surface area contributed by atoms with Crippen LogP contribution >= 0.6 is 0 Å². The summed E-state index contributed by atoms with van der Waals surface area (Å²) in [7, 11) is 7.80. The summed E-state index contributed by atoms with van der Waals surface area (Å²) in [4.78, 5) is 27.6. The Balaban J connectivity index is 1.48. The lowest BCUT2D eigenvalue weighted by atomic mass is 9.88. The zero-order chi connectivity index (χ0) is 34.5. The molecule has 0 radical (unpaired) electrons. The van der Waals surface area contributed by atoms with Crippen molar-refractivity contribution in [1.29, 1.82) is 0 Å². The predicted molar refractivity (Wildman–Crippen MR) is 177 cm³/mol. The molecule has 3 atom stereocenters. The molecule has 0 unspecified atom stereocenters. The van der Waals surface area contributed by atoms with Gasteiger partial charge in [0.1, 0.15) is 47.4 Å². The van der Waals surface area contributed by atoms with Crippen LogP contribution in [-0.2, 0) is 45.3 Å². The molecule has 12 heteroatoms. The zero-order valence-electron chi connectivity index (χ0n) is 28.7. The van der Waals surface area contributed by atoms with E-state index < -0.39 is 24.1 Å². The number of benzene rings is 2. The Morgan fingerprint density at radius 3 is 2.29 bits per heavy atom. The second-order valence-corrected chi connectivity index (χ2v) is 12.7. The SMILES string of the molecule is CCCc1cc2c(OC)c(CCc3cc(OC)c4c(=O)c5c(oc4c3OC)[C@H](OCOC)C[C@H]3OC(C)(C)O[C@@H]53)cc(O)c2c(=O)n1C. The number of nitrogens with zero attached hydrogens (tertiary/aromatic N) is 1. The molecule has 2 aliphatic rings. The summed E-state index contributed by atoms with van der Waals surface area (Å²) in [6, 6.07) is 5.25. The van der Waals surface area contributed by atoms with Crippen LogP contribution in [0.2, 0.25) is 0 Å². The maximum absolute atomic E-state index is 14.4. The number of fused-ring (bicyclic) bond motifs is 5. The summed E-state index contributed by atoms with van der Waals surface area (Å²) in [5.41, 5.74) is 2.19. The van der Waals surface area contributed by atoms with Gasteiger partial charge in [0.25, 0.3) is 5.56 Å². The molecule has 1 fully saturated rings. The van der Waals surface area contributed by atoms with Gasteiger partial charge >= 0.3 is 0 Å². The minimum absolute atomic E-state index is 0.0134. The van der Waals surface area contributed by atoms with Gasteiger partial charge in [-0.1, -0.05) is 13.3 Å². The second kappa shape index (κ2) is 13.1. The van der Waals surface area contributed by atoms with Crippen LogP contribution in [-0.4, -0.2) is 56.8 Å². The summed E-state index contributed by atoms with van der Waals surface area (Å²) in [6.07, 6.45) is 1.03. The summed E-state index contributed by atoms with van der Waals surface area (Å²) in [6.45, 7) is 5.65. The normalized spacial score (nSPS) is 19.8. The molecule has 6 rings (SSSR count). The minimum Gasteiger partial charge on any atom is -0.507 e. The van der Waals surface area contributed by atoms with Crippen LogP contribution in [0.15, 0.2) is 32.2 Å². The lowest BCUT2D eigenvalue weighted by Gasteiger charge is -2.30. The Kier molecular flexibility index (Phi) is 9.20. The van der Waals surface area contributed by atoms with Gasteiger partial charge in [0.2, 0.25) is 5.43 Å². The van der Waals surface area contributed by atoms with Crippen molar-refractivity contribution in [2.75, 3.05) is 35.2 Å². The highest BCUT2D eigenvalue weighted by molar-refractivity contribution is 5.94. The Morgan fingerprint density at radius 2 is 1.65 bits per heavy atom. The number of ether oxygens (including phenoxy) is 7. The predicted octanol–water partition coefficient (Wildman–Crippen LogP) is 5.37. The Labute approximate surface area is 278 Å². The molecule has 0 saturated carbocycles. The van der Waals surface area contributed by atoms with Crippen LogP contribution in [0, 0.1) is 0 Å². The number of hydrogen-bond donors (Lipinski definition) is 1. The smallest absolute Gasteiger partial charge is 0.262 e. The number of aromatic hydroxyl groups is 1. The third kappa shape index (κ3) is 5.60. The van der Waals surface area contributed by atoms with Gasteiger partial charge in [-0.25, -0.2) is 0 Å². The van der Waals surface area contributed by atoms with Crippen molar-refractivity contribution in [2.24, 2.45) is 7.05 Å². The van der Waals surface area contributed by atoms with Gasteiger partial charge in [-0.2, -0.15) is 0 Å². The number of pyridine rings is 1. The molecule has 4 aromatic rings. The third-order valence-electron chi connectivity index (χ3n) is 9.25. The van der Waals surface area contributed by atoms with Crippen LogP contribution in [0.4, 0.5) is 0 Å². The average molecular weight is 666 g/mol. The number of phenolic OH excluding ortho intramolecular Hbond substituents is 1. The van der Waals surface area contributed by atoms with Crippen LogP contribution < -0.4 is 25.2 Å².